The highest BCUT2D eigenvalue weighted by Gasteiger charge is 2.25. The average molecular weight is 390 g/mol. The van der Waals surface area contributed by atoms with Crippen LogP contribution in [0.25, 0.3) is 0 Å². The first-order valence-electron chi connectivity index (χ1n) is 8.02. The molecule has 0 atom stereocenters. The van der Waals surface area contributed by atoms with Crippen molar-refractivity contribution in [1.29, 1.82) is 0 Å². The van der Waals surface area contributed by atoms with Crippen LogP contribution >= 0.6 is 11.6 Å². The van der Waals surface area contributed by atoms with Crippen LogP contribution in [0.15, 0.2) is 23.1 Å². The number of benzene rings is 1. The summed E-state index contributed by atoms with van der Waals surface area (Å²) in [5, 5.41) is 3.11. The zero-order valence-corrected chi connectivity index (χ0v) is 16.2. The summed E-state index contributed by atoms with van der Waals surface area (Å²) in [6.45, 7) is 1.60. The Balaban J connectivity index is 1.99. The third-order valence-electron chi connectivity index (χ3n) is 4.28. The normalized spacial score (nSPS) is 16.8. The average Bonchev–Trinajstić information content (AvgIpc) is 2.56. The fourth-order valence-electron chi connectivity index (χ4n) is 2.70. The molecule has 1 aliphatic heterocycles. The molecule has 1 aromatic rings. The molecular weight excluding hydrogens is 366 g/mol. The van der Waals surface area contributed by atoms with E-state index in [2.05, 4.69) is 10.2 Å². The van der Waals surface area contributed by atoms with Gasteiger partial charge >= 0.3 is 0 Å². The summed E-state index contributed by atoms with van der Waals surface area (Å²) in [6.07, 6.45) is 1.74. The van der Waals surface area contributed by atoms with Crippen LogP contribution in [0.2, 0.25) is 5.02 Å². The maximum Gasteiger partial charge on any atom is 0.243 e. The standard InChI is InChI=1S/C16H24ClN3O4S/c1-19-8-6-12(7-9-19)18-16(21)11-20(2)25(22,23)13-4-5-15(24-3)14(17)10-13/h4-5,10,12H,6-9,11H2,1-3H3,(H,18,21). The zero-order valence-electron chi connectivity index (χ0n) is 14.7. The van der Waals surface area contributed by atoms with Crippen molar-refractivity contribution in [2.75, 3.05) is 40.8 Å². The van der Waals surface area contributed by atoms with Crippen molar-refractivity contribution in [2.24, 2.45) is 0 Å². The number of likely N-dealkylation sites (N-methyl/N-ethyl adjacent to an activating group) is 1. The van der Waals surface area contributed by atoms with Gasteiger partial charge in [-0.1, -0.05) is 11.6 Å². The molecule has 2 rings (SSSR count). The first kappa shape index (κ1) is 20.0. The quantitative estimate of drug-likeness (QED) is 0.790. The summed E-state index contributed by atoms with van der Waals surface area (Å²) < 4.78 is 31.2. The predicted octanol–water partition coefficient (Wildman–Crippen LogP) is 1.18. The minimum absolute atomic E-state index is 0.0212. The van der Waals surface area contributed by atoms with E-state index < -0.39 is 10.0 Å². The smallest absolute Gasteiger partial charge is 0.243 e. The van der Waals surface area contributed by atoms with Crippen molar-refractivity contribution in [3.63, 3.8) is 0 Å². The maximum atomic E-state index is 12.6. The van der Waals surface area contributed by atoms with Crippen LogP contribution in [-0.4, -0.2) is 70.4 Å². The van der Waals surface area contributed by atoms with Gasteiger partial charge in [-0.05, 0) is 51.2 Å². The molecule has 0 spiro atoms. The van der Waals surface area contributed by atoms with E-state index in [-0.39, 0.29) is 28.4 Å². The lowest BCUT2D eigenvalue weighted by Gasteiger charge is -2.30. The predicted molar refractivity (Wildman–Crippen MR) is 96.5 cm³/mol. The molecule has 1 heterocycles. The molecule has 1 aliphatic rings. The SMILES string of the molecule is COc1ccc(S(=O)(=O)N(C)CC(=O)NC2CCN(C)CC2)cc1Cl. The topological polar surface area (TPSA) is 79.0 Å². The van der Waals surface area contributed by atoms with Crippen molar-refractivity contribution in [1.82, 2.24) is 14.5 Å². The van der Waals surface area contributed by atoms with Gasteiger partial charge in [0, 0.05) is 13.1 Å². The molecular formula is C16H24ClN3O4S. The van der Waals surface area contributed by atoms with Gasteiger partial charge in [0.1, 0.15) is 5.75 Å². The molecule has 1 fully saturated rings. The summed E-state index contributed by atoms with van der Waals surface area (Å²) in [6, 6.07) is 4.31. The Morgan fingerprint density at radius 3 is 2.60 bits per heavy atom. The van der Waals surface area contributed by atoms with Gasteiger partial charge in [0.25, 0.3) is 0 Å². The second-order valence-corrected chi connectivity index (χ2v) is 8.65. The zero-order chi connectivity index (χ0) is 18.6. The molecule has 0 bridgehead atoms. The van der Waals surface area contributed by atoms with Gasteiger partial charge in [-0.2, -0.15) is 4.31 Å². The molecule has 25 heavy (non-hydrogen) atoms. The van der Waals surface area contributed by atoms with Crippen LogP contribution in [0.3, 0.4) is 0 Å². The number of hydrogen-bond donors (Lipinski definition) is 1. The number of hydrogen-bond acceptors (Lipinski definition) is 5. The fraction of sp³-hybridized carbons (Fsp3) is 0.562. The van der Waals surface area contributed by atoms with Crippen LogP contribution in [0, 0.1) is 0 Å². The molecule has 0 saturated carbocycles. The molecule has 0 unspecified atom stereocenters. The van der Waals surface area contributed by atoms with Crippen LogP contribution in [0.5, 0.6) is 5.75 Å². The Hall–Kier alpha value is -1.35. The molecule has 1 aromatic carbocycles. The van der Waals surface area contributed by atoms with Gasteiger partial charge < -0.3 is 15.0 Å². The fourth-order valence-corrected chi connectivity index (χ4v) is 4.18. The van der Waals surface area contributed by atoms with Crippen LogP contribution in [0.1, 0.15) is 12.8 Å². The van der Waals surface area contributed by atoms with Gasteiger partial charge in [0.05, 0.1) is 23.6 Å². The third-order valence-corrected chi connectivity index (χ3v) is 6.38. The van der Waals surface area contributed by atoms with E-state index in [1.54, 1.807) is 0 Å². The number of piperidine rings is 1. The molecule has 140 valence electrons. The van der Waals surface area contributed by atoms with E-state index in [9.17, 15) is 13.2 Å². The number of halogens is 1. The molecule has 0 aliphatic carbocycles. The number of rotatable bonds is 6. The highest BCUT2D eigenvalue weighted by Crippen LogP contribution is 2.28. The molecule has 9 heteroatoms. The van der Waals surface area contributed by atoms with Gasteiger partial charge in [-0.15, -0.1) is 0 Å². The van der Waals surface area contributed by atoms with Crippen molar-refractivity contribution < 1.29 is 17.9 Å². The molecule has 0 radical (unpaired) electrons. The maximum absolute atomic E-state index is 12.6. The van der Waals surface area contributed by atoms with Crippen LogP contribution < -0.4 is 10.1 Å². The Labute approximate surface area is 153 Å². The monoisotopic (exact) mass is 389 g/mol. The minimum Gasteiger partial charge on any atom is -0.495 e. The third kappa shape index (κ3) is 5.07. The number of sulfonamides is 1. The van der Waals surface area contributed by atoms with Gasteiger partial charge in [-0.25, -0.2) is 8.42 Å². The summed E-state index contributed by atoms with van der Waals surface area (Å²) in [5.41, 5.74) is 0. The molecule has 1 N–H and O–H groups in total. The summed E-state index contributed by atoms with van der Waals surface area (Å²) in [4.78, 5) is 14.4. The lowest BCUT2D eigenvalue weighted by atomic mass is 10.1. The lowest BCUT2D eigenvalue weighted by Crippen LogP contribution is -2.46. The van der Waals surface area contributed by atoms with Gasteiger partial charge in [0.15, 0.2) is 0 Å². The van der Waals surface area contributed by atoms with Crippen LogP contribution in [0.4, 0.5) is 0 Å². The van der Waals surface area contributed by atoms with E-state index in [4.69, 9.17) is 16.3 Å². The van der Waals surface area contributed by atoms with E-state index in [1.165, 1.54) is 32.4 Å². The number of nitrogens with one attached hydrogen (secondary N) is 1. The highest BCUT2D eigenvalue weighted by atomic mass is 35.5. The molecule has 1 amide bonds. The van der Waals surface area contributed by atoms with E-state index >= 15 is 0 Å². The number of methoxy groups -OCH3 is 1. The second kappa shape index (κ2) is 8.35. The van der Waals surface area contributed by atoms with E-state index in [0.29, 0.717) is 5.75 Å². The number of likely N-dealkylation sites (tertiary alicyclic amines) is 1. The van der Waals surface area contributed by atoms with Gasteiger partial charge in [-0.3, -0.25) is 4.79 Å². The van der Waals surface area contributed by atoms with Crippen molar-refractivity contribution in [3.05, 3.63) is 23.2 Å². The highest BCUT2D eigenvalue weighted by molar-refractivity contribution is 7.89. The number of nitrogens with zero attached hydrogens (tertiary/aromatic N) is 2. The van der Waals surface area contributed by atoms with Crippen molar-refractivity contribution >= 4 is 27.5 Å². The van der Waals surface area contributed by atoms with Crippen molar-refractivity contribution in [3.8, 4) is 5.75 Å². The van der Waals surface area contributed by atoms with E-state index in [0.717, 1.165) is 30.2 Å². The molecule has 1 saturated heterocycles. The second-order valence-electron chi connectivity index (χ2n) is 6.20. The first-order chi connectivity index (χ1) is 11.7. The Morgan fingerprint density at radius 2 is 2.04 bits per heavy atom. The number of ether oxygens (including phenoxy) is 1. The first-order valence-corrected chi connectivity index (χ1v) is 9.83. The minimum atomic E-state index is -3.81. The summed E-state index contributed by atoms with van der Waals surface area (Å²) in [7, 11) is 1.06. The van der Waals surface area contributed by atoms with E-state index in [1.807, 2.05) is 7.05 Å². The molecule has 7 nitrogen and oxygen atoms in total. The Bertz CT molecular complexity index is 718. The van der Waals surface area contributed by atoms with Gasteiger partial charge in [0.2, 0.25) is 15.9 Å². The largest absolute Gasteiger partial charge is 0.495 e. The number of amides is 1. The summed E-state index contributed by atoms with van der Waals surface area (Å²) >= 11 is 6.00. The van der Waals surface area contributed by atoms with Crippen molar-refractivity contribution in [2.45, 2.75) is 23.8 Å². The lowest BCUT2D eigenvalue weighted by molar-refractivity contribution is -0.122. The molecule has 0 aromatic heterocycles. The Kier molecular flexibility index (Phi) is 6.67. The number of carbonyl (C=O) groups is 1. The number of carbonyl (C=O) groups excluding carboxylic acids is 1. The summed E-state index contributed by atoms with van der Waals surface area (Å²) in [5.74, 6) is 0.0866. The van der Waals surface area contributed by atoms with Crippen LogP contribution in [-0.2, 0) is 14.8 Å². The Morgan fingerprint density at radius 1 is 1.40 bits per heavy atom.